The molecule has 0 bridgehead atoms. The Morgan fingerprint density at radius 1 is 1.38 bits per heavy atom. The lowest BCUT2D eigenvalue weighted by atomic mass is 10.1. The van der Waals surface area contributed by atoms with E-state index >= 15 is 0 Å². The Morgan fingerprint density at radius 2 is 2.05 bits per heavy atom. The minimum atomic E-state index is -0.609. The van der Waals surface area contributed by atoms with Gasteiger partial charge in [-0.25, -0.2) is 4.39 Å². The summed E-state index contributed by atoms with van der Waals surface area (Å²) in [5.74, 6) is 0.101. The van der Waals surface area contributed by atoms with E-state index in [1.165, 1.54) is 17.0 Å². The maximum atomic E-state index is 13.5. The van der Waals surface area contributed by atoms with Crippen LogP contribution in [0.1, 0.15) is 38.8 Å². The maximum Gasteiger partial charge on any atom is 0.262 e. The third kappa shape index (κ3) is 5.01. The number of likely N-dealkylation sites (N-methyl/N-ethyl adjacent to an activating group) is 1. The Morgan fingerprint density at radius 3 is 2.62 bits per heavy atom. The largest absolute Gasteiger partial charge is 0.481 e. The topological polar surface area (TPSA) is 41.6 Å². The van der Waals surface area contributed by atoms with Crippen molar-refractivity contribution in [1.29, 1.82) is 0 Å². The van der Waals surface area contributed by atoms with E-state index in [4.69, 9.17) is 4.74 Å². The van der Waals surface area contributed by atoms with Crippen LogP contribution < -0.4 is 10.1 Å². The highest BCUT2D eigenvalue weighted by atomic mass is 19.1. The monoisotopic (exact) mass is 296 g/mol. The second-order valence-corrected chi connectivity index (χ2v) is 5.35. The lowest BCUT2D eigenvalue weighted by molar-refractivity contribution is -0.135. The fourth-order valence-corrected chi connectivity index (χ4v) is 2.04. The van der Waals surface area contributed by atoms with Crippen LogP contribution in [-0.4, -0.2) is 37.6 Å². The van der Waals surface area contributed by atoms with Crippen LogP contribution in [0.4, 0.5) is 4.39 Å². The molecule has 118 valence electrons. The number of nitrogens with zero attached hydrogens (tertiary/aromatic N) is 1. The van der Waals surface area contributed by atoms with Gasteiger partial charge in [0, 0.05) is 25.7 Å². The SMILES string of the molecule is CCCNC(C)c1cc(F)ccc1OC(C)C(=O)N(C)C. The second-order valence-electron chi connectivity index (χ2n) is 5.35. The minimum Gasteiger partial charge on any atom is -0.481 e. The highest BCUT2D eigenvalue weighted by molar-refractivity contribution is 5.80. The van der Waals surface area contributed by atoms with Crippen molar-refractivity contribution >= 4 is 5.91 Å². The molecular formula is C16H25FN2O2. The van der Waals surface area contributed by atoms with E-state index < -0.39 is 6.10 Å². The third-order valence-corrected chi connectivity index (χ3v) is 3.23. The number of amides is 1. The van der Waals surface area contributed by atoms with Crippen LogP contribution in [0.3, 0.4) is 0 Å². The number of nitrogens with one attached hydrogen (secondary N) is 1. The van der Waals surface area contributed by atoms with Gasteiger partial charge in [-0.05, 0) is 45.0 Å². The molecule has 0 aliphatic carbocycles. The van der Waals surface area contributed by atoms with E-state index in [2.05, 4.69) is 12.2 Å². The molecule has 0 fully saturated rings. The van der Waals surface area contributed by atoms with E-state index in [-0.39, 0.29) is 17.8 Å². The molecule has 0 spiro atoms. The van der Waals surface area contributed by atoms with Crippen LogP contribution in [-0.2, 0) is 4.79 Å². The number of hydrogen-bond donors (Lipinski definition) is 1. The molecule has 1 N–H and O–H groups in total. The van der Waals surface area contributed by atoms with Crippen molar-refractivity contribution in [2.75, 3.05) is 20.6 Å². The molecule has 1 aromatic rings. The summed E-state index contributed by atoms with van der Waals surface area (Å²) in [6.07, 6.45) is 0.383. The van der Waals surface area contributed by atoms with Crippen molar-refractivity contribution in [1.82, 2.24) is 10.2 Å². The van der Waals surface area contributed by atoms with Gasteiger partial charge in [-0.15, -0.1) is 0 Å². The van der Waals surface area contributed by atoms with E-state index in [1.54, 1.807) is 27.1 Å². The van der Waals surface area contributed by atoms with Crippen molar-refractivity contribution in [2.45, 2.75) is 39.3 Å². The summed E-state index contributed by atoms with van der Waals surface area (Å²) >= 11 is 0. The molecule has 4 nitrogen and oxygen atoms in total. The summed E-state index contributed by atoms with van der Waals surface area (Å²) in [5, 5.41) is 3.30. The second kappa shape index (κ2) is 7.98. The lowest BCUT2D eigenvalue weighted by Crippen LogP contribution is -2.35. The Kier molecular flexibility index (Phi) is 6.62. The highest BCUT2D eigenvalue weighted by Crippen LogP contribution is 2.27. The van der Waals surface area contributed by atoms with Gasteiger partial charge in [0.2, 0.25) is 0 Å². The summed E-state index contributed by atoms with van der Waals surface area (Å²) in [5.41, 5.74) is 0.724. The Balaban J connectivity index is 2.93. The zero-order valence-electron chi connectivity index (χ0n) is 13.4. The molecule has 2 atom stereocenters. The van der Waals surface area contributed by atoms with Crippen LogP contribution in [0.15, 0.2) is 18.2 Å². The summed E-state index contributed by atoms with van der Waals surface area (Å²) in [7, 11) is 3.36. The van der Waals surface area contributed by atoms with Crippen LogP contribution in [0.2, 0.25) is 0 Å². The van der Waals surface area contributed by atoms with Crippen molar-refractivity contribution in [3.63, 3.8) is 0 Å². The third-order valence-electron chi connectivity index (χ3n) is 3.23. The quantitative estimate of drug-likeness (QED) is 0.841. The summed E-state index contributed by atoms with van der Waals surface area (Å²) in [4.78, 5) is 13.4. The first-order valence-electron chi connectivity index (χ1n) is 7.27. The number of carbonyl (C=O) groups is 1. The zero-order valence-corrected chi connectivity index (χ0v) is 13.4. The number of benzene rings is 1. The van der Waals surface area contributed by atoms with Gasteiger partial charge in [0.15, 0.2) is 6.10 Å². The van der Waals surface area contributed by atoms with Crippen molar-refractivity contribution in [3.8, 4) is 5.75 Å². The molecule has 5 heteroatoms. The first-order valence-corrected chi connectivity index (χ1v) is 7.27. The van der Waals surface area contributed by atoms with Gasteiger partial charge in [0.1, 0.15) is 11.6 Å². The summed E-state index contributed by atoms with van der Waals surface area (Å²) in [6.45, 7) is 6.55. The molecule has 0 aliphatic rings. The number of halogens is 1. The van der Waals surface area contributed by atoms with E-state index in [0.29, 0.717) is 5.75 Å². The first-order chi connectivity index (χ1) is 9.86. The van der Waals surface area contributed by atoms with Crippen molar-refractivity contribution < 1.29 is 13.9 Å². The van der Waals surface area contributed by atoms with Crippen LogP contribution in [0, 0.1) is 5.82 Å². The average molecular weight is 296 g/mol. The highest BCUT2D eigenvalue weighted by Gasteiger charge is 2.20. The molecular weight excluding hydrogens is 271 g/mol. The standard InChI is InChI=1S/C16H25FN2O2/c1-6-9-18-11(2)14-10-13(17)7-8-15(14)21-12(3)16(20)19(4)5/h7-8,10-12,18H,6,9H2,1-5H3. The minimum absolute atomic E-state index is 0.0442. The number of rotatable bonds is 7. The molecule has 0 aromatic heterocycles. The average Bonchev–Trinajstić information content (AvgIpc) is 2.45. The van der Waals surface area contributed by atoms with E-state index in [1.807, 2.05) is 6.92 Å². The Hall–Kier alpha value is -1.62. The molecule has 21 heavy (non-hydrogen) atoms. The molecule has 1 amide bonds. The van der Waals surface area contributed by atoms with Crippen molar-refractivity contribution in [3.05, 3.63) is 29.6 Å². The van der Waals surface area contributed by atoms with Gasteiger partial charge in [0.25, 0.3) is 5.91 Å². The van der Waals surface area contributed by atoms with Gasteiger partial charge in [-0.3, -0.25) is 4.79 Å². The molecule has 0 radical (unpaired) electrons. The summed E-state index contributed by atoms with van der Waals surface area (Å²) in [6, 6.07) is 4.33. The maximum absolute atomic E-state index is 13.5. The number of ether oxygens (including phenoxy) is 1. The zero-order chi connectivity index (χ0) is 16.0. The van der Waals surface area contributed by atoms with Crippen LogP contribution >= 0.6 is 0 Å². The van der Waals surface area contributed by atoms with Gasteiger partial charge in [-0.2, -0.15) is 0 Å². The molecule has 0 heterocycles. The predicted molar refractivity (Wildman–Crippen MR) is 81.9 cm³/mol. The molecule has 0 saturated carbocycles. The molecule has 0 aliphatic heterocycles. The number of hydrogen-bond acceptors (Lipinski definition) is 3. The van der Waals surface area contributed by atoms with Crippen LogP contribution in [0.25, 0.3) is 0 Å². The van der Waals surface area contributed by atoms with Gasteiger partial charge in [0.05, 0.1) is 0 Å². The molecule has 0 saturated heterocycles. The van der Waals surface area contributed by atoms with E-state index in [9.17, 15) is 9.18 Å². The first kappa shape index (κ1) is 17.4. The Labute approximate surface area is 126 Å². The molecule has 2 unspecified atom stereocenters. The predicted octanol–water partition coefficient (Wildman–Crippen LogP) is 2.74. The Bertz CT molecular complexity index is 477. The van der Waals surface area contributed by atoms with Crippen LogP contribution in [0.5, 0.6) is 5.75 Å². The van der Waals surface area contributed by atoms with Gasteiger partial charge in [-0.1, -0.05) is 6.92 Å². The normalized spacial score (nSPS) is 13.6. The fourth-order valence-electron chi connectivity index (χ4n) is 2.04. The molecule has 1 aromatic carbocycles. The van der Waals surface area contributed by atoms with Crippen molar-refractivity contribution in [2.24, 2.45) is 0 Å². The summed E-state index contributed by atoms with van der Waals surface area (Å²) < 4.78 is 19.2. The van der Waals surface area contributed by atoms with E-state index in [0.717, 1.165) is 18.5 Å². The fraction of sp³-hybridized carbons (Fsp3) is 0.562. The number of carbonyl (C=O) groups excluding carboxylic acids is 1. The van der Waals surface area contributed by atoms with Gasteiger partial charge >= 0.3 is 0 Å². The lowest BCUT2D eigenvalue weighted by Gasteiger charge is -2.22. The van der Waals surface area contributed by atoms with Gasteiger partial charge < -0.3 is 15.0 Å². The molecule has 1 rings (SSSR count). The smallest absolute Gasteiger partial charge is 0.262 e.